The molecule has 118 valence electrons. The van der Waals surface area contributed by atoms with Crippen LogP contribution in [0, 0.1) is 11.8 Å². The van der Waals surface area contributed by atoms with E-state index in [9.17, 15) is 9.59 Å². The van der Waals surface area contributed by atoms with Crippen LogP contribution in [0.5, 0.6) is 0 Å². The van der Waals surface area contributed by atoms with Crippen molar-refractivity contribution in [2.24, 2.45) is 18.9 Å². The third-order valence-electron chi connectivity index (χ3n) is 2.87. The first-order valence-corrected chi connectivity index (χ1v) is 6.94. The number of aliphatic carboxylic acids is 1. The standard InChI is InChI=1S/C13H23N5O3/c1-9(2)4-10(5-12(19)20)6-14-13(21)15-7-11-16-8-18(3)17-11/h8-10H,4-7H2,1-3H3,(H,19,20)(H2,14,15,21)/t10-/m0/s1. The van der Waals surface area contributed by atoms with Crippen molar-refractivity contribution in [3.05, 3.63) is 12.2 Å². The maximum atomic E-state index is 11.7. The minimum atomic E-state index is -0.847. The van der Waals surface area contributed by atoms with Gasteiger partial charge in [-0.05, 0) is 18.3 Å². The van der Waals surface area contributed by atoms with Crippen LogP contribution in [0.25, 0.3) is 0 Å². The molecule has 1 aromatic rings. The average molecular weight is 297 g/mol. The van der Waals surface area contributed by atoms with Crippen LogP contribution in [0.15, 0.2) is 6.33 Å². The summed E-state index contributed by atoms with van der Waals surface area (Å²) in [6.45, 7) is 4.63. The molecule has 0 aromatic carbocycles. The van der Waals surface area contributed by atoms with Gasteiger partial charge in [0, 0.05) is 20.0 Å². The zero-order valence-electron chi connectivity index (χ0n) is 12.7. The summed E-state index contributed by atoms with van der Waals surface area (Å²) in [5.74, 6) is -0.00406. The Hall–Kier alpha value is -2.12. The molecule has 1 rings (SSSR count). The zero-order chi connectivity index (χ0) is 15.8. The molecule has 0 saturated carbocycles. The molecule has 0 spiro atoms. The molecule has 0 saturated heterocycles. The number of urea groups is 1. The number of hydrogen-bond donors (Lipinski definition) is 3. The number of carbonyl (C=O) groups is 2. The predicted molar refractivity (Wildman–Crippen MR) is 76.4 cm³/mol. The quantitative estimate of drug-likeness (QED) is 0.656. The lowest BCUT2D eigenvalue weighted by Crippen LogP contribution is -2.38. The molecule has 0 radical (unpaired) electrons. The van der Waals surface area contributed by atoms with E-state index >= 15 is 0 Å². The first kappa shape index (κ1) is 16.9. The van der Waals surface area contributed by atoms with Crippen molar-refractivity contribution >= 4 is 12.0 Å². The molecule has 1 aromatic heterocycles. The number of nitrogens with zero attached hydrogens (tertiary/aromatic N) is 3. The number of aryl methyl sites for hydroxylation is 1. The molecule has 0 bridgehead atoms. The molecule has 1 atom stereocenters. The smallest absolute Gasteiger partial charge is 0.315 e. The van der Waals surface area contributed by atoms with Crippen molar-refractivity contribution in [3.8, 4) is 0 Å². The van der Waals surface area contributed by atoms with E-state index in [1.165, 1.54) is 0 Å². The Balaban J connectivity index is 2.33. The molecule has 0 aliphatic rings. The van der Waals surface area contributed by atoms with Gasteiger partial charge in [-0.2, -0.15) is 5.10 Å². The maximum Gasteiger partial charge on any atom is 0.315 e. The van der Waals surface area contributed by atoms with Crippen LogP contribution in [-0.4, -0.2) is 38.4 Å². The second kappa shape index (κ2) is 8.23. The normalized spacial score (nSPS) is 12.2. The third-order valence-corrected chi connectivity index (χ3v) is 2.87. The van der Waals surface area contributed by atoms with E-state index in [4.69, 9.17) is 5.11 Å². The van der Waals surface area contributed by atoms with Gasteiger partial charge in [-0.15, -0.1) is 0 Å². The Morgan fingerprint density at radius 1 is 1.38 bits per heavy atom. The molecular weight excluding hydrogens is 274 g/mol. The Bertz CT molecular complexity index is 472. The summed E-state index contributed by atoms with van der Waals surface area (Å²) in [6.07, 6.45) is 2.37. The van der Waals surface area contributed by atoms with E-state index in [1.54, 1.807) is 18.1 Å². The van der Waals surface area contributed by atoms with Crippen LogP contribution in [-0.2, 0) is 18.4 Å². The van der Waals surface area contributed by atoms with Gasteiger partial charge in [0.15, 0.2) is 5.82 Å². The summed E-state index contributed by atoms with van der Waals surface area (Å²) in [7, 11) is 1.75. The second-order valence-electron chi connectivity index (χ2n) is 5.49. The number of carbonyl (C=O) groups excluding carboxylic acids is 1. The number of nitrogens with one attached hydrogen (secondary N) is 2. The predicted octanol–water partition coefficient (Wildman–Crippen LogP) is 0.751. The highest BCUT2D eigenvalue weighted by atomic mass is 16.4. The Labute approximate surface area is 123 Å². The maximum absolute atomic E-state index is 11.7. The molecule has 21 heavy (non-hydrogen) atoms. The fourth-order valence-electron chi connectivity index (χ4n) is 2.08. The van der Waals surface area contributed by atoms with E-state index in [2.05, 4.69) is 20.7 Å². The van der Waals surface area contributed by atoms with E-state index < -0.39 is 5.97 Å². The highest BCUT2D eigenvalue weighted by Crippen LogP contribution is 2.14. The van der Waals surface area contributed by atoms with Crippen molar-refractivity contribution in [3.63, 3.8) is 0 Å². The molecule has 0 aliphatic heterocycles. The molecule has 1 heterocycles. The number of amides is 2. The molecular formula is C13H23N5O3. The summed E-state index contributed by atoms with van der Waals surface area (Å²) in [5, 5.41) is 18.2. The number of aromatic nitrogens is 3. The first-order chi connectivity index (χ1) is 9.86. The molecule has 0 aliphatic carbocycles. The largest absolute Gasteiger partial charge is 0.481 e. The van der Waals surface area contributed by atoms with Crippen LogP contribution in [0.3, 0.4) is 0 Å². The minimum absolute atomic E-state index is 0.0558. The number of hydrogen-bond acceptors (Lipinski definition) is 4. The Kier molecular flexibility index (Phi) is 6.64. The summed E-state index contributed by atoms with van der Waals surface area (Å²) < 4.78 is 1.56. The summed E-state index contributed by atoms with van der Waals surface area (Å²) in [4.78, 5) is 26.5. The number of carboxylic acid groups (broad SMARTS) is 1. The van der Waals surface area contributed by atoms with Crippen LogP contribution in [0.1, 0.15) is 32.5 Å². The van der Waals surface area contributed by atoms with Crippen LogP contribution >= 0.6 is 0 Å². The van der Waals surface area contributed by atoms with Gasteiger partial charge >= 0.3 is 12.0 Å². The molecule has 3 N–H and O–H groups in total. The monoisotopic (exact) mass is 297 g/mol. The van der Waals surface area contributed by atoms with Crippen LogP contribution in [0.4, 0.5) is 4.79 Å². The lowest BCUT2D eigenvalue weighted by molar-refractivity contribution is -0.138. The SMILES string of the molecule is CC(C)C[C@H](CNC(=O)NCc1ncn(C)n1)CC(=O)O. The summed E-state index contributed by atoms with van der Waals surface area (Å²) >= 11 is 0. The van der Waals surface area contributed by atoms with Gasteiger partial charge in [0.05, 0.1) is 6.54 Å². The molecule has 2 amide bonds. The van der Waals surface area contributed by atoms with Gasteiger partial charge in [-0.1, -0.05) is 13.8 Å². The Morgan fingerprint density at radius 2 is 2.10 bits per heavy atom. The van der Waals surface area contributed by atoms with Crippen molar-refractivity contribution in [1.82, 2.24) is 25.4 Å². The van der Waals surface area contributed by atoms with Crippen molar-refractivity contribution in [1.29, 1.82) is 0 Å². The zero-order valence-corrected chi connectivity index (χ0v) is 12.7. The van der Waals surface area contributed by atoms with Gasteiger partial charge < -0.3 is 15.7 Å². The second-order valence-corrected chi connectivity index (χ2v) is 5.49. The fraction of sp³-hybridized carbons (Fsp3) is 0.692. The van der Waals surface area contributed by atoms with Gasteiger partial charge in [0.2, 0.25) is 0 Å². The van der Waals surface area contributed by atoms with Crippen LogP contribution in [0.2, 0.25) is 0 Å². The van der Waals surface area contributed by atoms with E-state index in [0.717, 1.165) is 6.42 Å². The number of rotatable bonds is 8. The molecule has 8 heteroatoms. The third kappa shape index (κ3) is 7.28. The van der Waals surface area contributed by atoms with Gasteiger partial charge in [-0.3, -0.25) is 9.48 Å². The highest BCUT2D eigenvalue weighted by Gasteiger charge is 2.16. The molecule has 0 fully saturated rings. The average Bonchev–Trinajstić information content (AvgIpc) is 2.78. The molecule has 8 nitrogen and oxygen atoms in total. The van der Waals surface area contributed by atoms with Gasteiger partial charge in [0.25, 0.3) is 0 Å². The first-order valence-electron chi connectivity index (χ1n) is 6.94. The fourth-order valence-corrected chi connectivity index (χ4v) is 2.08. The van der Waals surface area contributed by atoms with E-state index in [1.807, 2.05) is 13.8 Å². The van der Waals surface area contributed by atoms with Crippen molar-refractivity contribution < 1.29 is 14.7 Å². The van der Waals surface area contributed by atoms with Crippen LogP contribution < -0.4 is 10.6 Å². The minimum Gasteiger partial charge on any atom is -0.481 e. The molecule has 0 unspecified atom stereocenters. The Morgan fingerprint density at radius 3 is 2.62 bits per heavy atom. The van der Waals surface area contributed by atoms with Gasteiger partial charge in [0.1, 0.15) is 6.33 Å². The lowest BCUT2D eigenvalue weighted by Gasteiger charge is -2.17. The summed E-state index contributed by atoms with van der Waals surface area (Å²) in [5.41, 5.74) is 0. The highest BCUT2D eigenvalue weighted by molar-refractivity contribution is 5.73. The van der Waals surface area contributed by atoms with E-state index in [0.29, 0.717) is 18.3 Å². The van der Waals surface area contributed by atoms with Crippen molar-refractivity contribution in [2.45, 2.75) is 33.2 Å². The van der Waals surface area contributed by atoms with Crippen molar-refractivity contribution in [2.75, 3.05) is 6.54 Å². The summed E-state index contributed by atoms with van der Waals surface area (Å²) in [6, 6.07) is -0.346. The van der Waals surface area contributed by atoms with Gasteiger partial charge in [-0.25, -0.2) is 9.78 Å². The van der Waals surface area contributed by atoms with E-state index in [-0.39, 0.29) is 24.9 Å². The lowest BCUT2D eigenvalue weighted by atomic mass is 9.94. The number of carboxylic acids is 1. The topological polar surface area (TPSA) is 109 Å².